The quantitative estimate of drug-likeness (QED) is 0.403. The van der Waals surface area contributed by atoms with Gasteiger partial charge in [-0.15, -0.1) is 0 Å². The molecule has 0 saturated heterocycles. The minimum atomic E-state index is -0.970. The molecule has 1 N–H and O–H groups in total. The third-order valence-corrected chi connectivity index (χ3v) is 6.10. The van der Waals surface area contributed by atoms with Gasteiger partial charge in [-0.1, -0.05) is 73.7 Å². The summed E-state index contributed by atoms with van der Waals surface area (Å²) in [6, 6.07) is 22.3. The lowest BCUT2D eigenvalue weighted by Crippen LogP contribution is -2.24. The number of rotatable bonds is 10. The second-order valence-electron chi connectivity index (χ2n) is 8.29. The van der Waals surface area contributed by atoms with Gasteiger partial charge in [0.05, 0.1) is 6.61 Å². The van der Waals surface area contributed by atoms with Crippen LogP contribution in [0.4, 0.5) is 0 Å². The Morgan fingerprint density at radius 1 is 0.912 bits per heavy atom. The summed E-state index contributed by atoms with van der Waals surface area (Å²) in [4.78, 5) is 11.1. The van der Waals surface area contributed by atoms with Gasteiger partial charge in [0, 0.05) is 13.5 Å². The molecule has 1 aliphatic rings. The van der Waals surface area contributed by atoms with E-state index >= 15 is 0 Å². The topological polar surface area (TPSA) is 65.0 Å². The van der Waals surface area contributed by atoms with Crippen LogP contribution in [0, 0.1) is 0 Å². The maximum absolute atomic E-state index is 11.1. The van der Waals surface area contributed by atoms with E-state index in [1.54, 1.807) is 0 Å². The first kappa shape index (κ1) is 23.7. The van der Waals surface area contributed by atoms with Gasteiger partial charge in [-0.05, 0) is 51.9 Å². The Bertz CT molecular complexity index is 1150. The number of carboxylic acid groups (broad SMARTS) is 1. The van der Waals surface area contributed by atoms with E-state index in [0.717, 1.165) is 28.7 Å². The molecule has 0 amide bonds. The molecule has 2 atom stereocenters. The lowest BCUT2D eigenvalue weighted by atomic mass is 9.95. The first-order valence-electron chi connectivity index (χ1n) is 11.6. The highest BCUT2D eigenvalue weighted by atomic mass is 16.5. The zero-order valence-corrected chi connectivity index (χ0v) is 19.6. The molecule has 0 aliphatic heterocycles. The number of carbonyl (C=O) groups is 1. The third-order valence-electron chi connectivity index (χ3n) is 6.10. The average Bonchev–Trinajstić information content (AvgIpc) is 3.02. The van der Waals surface area contributed by atoms with Crippen molar-refractivity contribution in [1.82, 2.24) is 0 Å². The molecule has 0 saturated carbocycles. The van der Waals surface area contributed by atoms with E-state index in [2.05, 4.69) is 49.4 Å². The van der Waals surface area contributed by atoms with E-state index in [1.165, 1.54) is 18.2 Å². The van der Waals surface area contributed by atoms with Gasteiger partial charge in [0.1, 0.15) is 18.5 Å². The Morgan fingerprint density at radius 2 is 1.62 bits per heavy atom. The molecule has 5 heteroatoms. The number of hydrogen-bond acceptors (Lipinski definition) is 4. The fraction of sp³-hybridized carbons (Fsp3) is 0.276. The largest absolute Gasteiger partial charge is 0.491 e. The molecule has 176 valence electrons. The van der Waals surface area contributed by atoms with Crippen LogP contribution in [0.25, 0.3) is 12.2 Å². The molecule has 0 aromatic heterocycles. The second kappa shape index (κ2) is 11.1. The first-order valence-corrected chi connectivity index (χ1v) is 11.6. The Balaban J connectivity index is 1.40. The molecule has 0 heterocycles. The van der Waals surface area contributed by atoms with Crippen molar-refractivity contribution < 1.29 is 24.1 Å². The second-order valence-corrected chi connectivity index (χ2v) is 8.29. The zero-order chi connectivity index (χ0) is 23.9. The predicted molar refractivity (Wildman–Crippen MR) is 133 cm³/mol. The molecule has 5 nitrogen and oxygen atoms in total. The van der Waals surface area contributed by atoms with Crippen molar-refractivity contribution in [2.45, 2.75) is 32.0 Å². The number of aliphatic carboxylic acids is 1. The lowest BCUT2D eigenvalue weighted by Gasteiger charge is -2.21. The number of ether oxygens (including phenoxy) is 3. The number of methoxy groups -OCH3 is 1. The number of carboxylic acids is 1. The number of fused-ring (bicyclic) bond motifs is 2. The van der Waals surface area contributed by atoms with Crippen LogP contribution in [0.5, 0.6) is 5.75 Å². The van der Waals surface area contributed by atoms with Crippen LogP contribution in [-0.4, -0.2) is 37.5 Å². The van der Waals surface area contributed by atoms with Crippen molar-refractivity contribution >= 4 is 18.1 Å². The summed E-state index contributed by atoms with van der Waals surface area (Å²) in [6.45, 7) is 3.00. The van der Waals surface area contributed by atoms with E-state index < -0.39 is 12.1 Å². The van der Waals surface area contributed by atoms with Crippen LogP contribution in [0.15, 0.2) is 66.7 Å². The van der Waals surface area contributed by atoms with Gasteiger partial charge in [-0.3, -0.25) is 0 Å². The molecule has 0 fully saturated rings. The summed E-state index contributed by atoms with van der Waals surface area (Å²) in [5.41, 5.74) is 6.84. The highest BCUT2D eigenvalue weighted by molar-refractivity contribution is 5.76. The van der Waals surface area contributed by atoms with E-state index in [0.29, 0.717) is 25.4 Å². The molecule has 3 aromatic rings. The van der Waals surface area contributed by atoms with Crippen molar-refractivity contribution in [3.8, 4) is 5.75 Å². The van der Waals surface area contributed by atoms with Gasteiger partial charge < -0.3 is 19.3 Å². The Kier molecular flexibility index (Phi) is 7.78. The third kappa shape index (κ3) is 5.56. The molecule has 3 aromatic carbocycles. The smallest absolute Gasteiger partial charge is 0.333 e. The highest BCUT2D eigenvalue weighted by Gasteiger charge is 2.22. The van der Waals surface area contributed by atoms with E-state index in [4.69, 9.17) is 19.3 Å². The summed E-state index contributed by atoms with van der Waals surface area (Å²) >= 11 is 0. The van der Waals surface area contributed by atoms with Crippen molar-refractivity contribution in [2.24, 2.45) is 0 Å². The molecule has 0 spiro atoms. The van der Waals surface area contributed by atoms with Crippen LogP contribution < -0.4 is 4.74 Å². The molecule has 1 aliphatic carbocycles. The molecular formula is C29H30O5. The first-order chi connectivity index (χ1) is 16.6. The van der Waals surface area contributed by atoms with Crippen LogP contribution in [0.2, 0.25) is 0 Å². The van der Waals surface area contributed by atoms with Crippen molar-refractivity contribution in [1.29, 1.82) is 0 Å². The van der Waals surface area contributed by atoms with Crippen LogP contribution in [0.1, 0.15) is 46.4 Å². The lowest BCUT2D eigenvalue weighted by molar-refractivity contribution is -0.148. The summed E-state index contributed by atoms with van der Waals surface area (Å²) in [5, 5.41) is 9.14. The zero-order valence-electron chi connectivity index (χ0n) is 19.6. The summed E-state index contributed by atoms with van der Waals surface area (Å²) in [6.07, 6.45) is 4.62. The highest BCUT2D eigenvalue weighted by Crippen LogP contribution is 2.35. The summed E-state index contributed by atoms with van der Waals surface area (Å²) in [7, 11) is 1.40. The van der Waals surface area contributed by atoms with Crippen molar-refractivity contribution in [3.63, 3.8) is 0 Å². The minimum Gasteiger partial charge on any atom is -0.491 e. The van der Waals surface area contributed by atoms with Gasteiger partial charge in [0.15, 0.2) is 6.10 Å². The summed E-state index contributed by atoms with van der Waals surface area (Å²) < 4.78 is 17.3. The van der Waals surface area contributed by atoms with Gasteiger partial charge in [0.25, 0.3) is 0 Å². The molecule has 34 heavy (non-hydrogen) atoms. The standard InChI is InChI=1S/C29H30O5/c1-3-20-10-15-26-23(18-20)12-11-22-6-4-5-7-25(22)28(26)34-17-16-33-24-13-8-21(9-14-24)19-27(32-2)29(30)31/h4-15,18,27-28H,3,16-17,19H2,1-2H3,(H,30,31). The van der Waals surface area contributed by atoms with Crippen LogP contribution in [-0.2, 0) is 27.1 Å². The number of aryl methyl sites for hydroxylation is 1. The SMILES string of the molecule is CCc1ccc2c(c1)C=Cc1ccccc1C2OCCOc1ccc(CC(OC)C(=O)O)cc1. The fourth-order valence-electron chi connectivity index (χ4n) is 4.19. The fourth-order valence-corrected chi connectivity index (χ4v) is 4.19. The van der Waals surface area contributed by atoms with E-state index in [1.807, 2.05) is 36.4 Å². The average molecular weight is 459 g/mol. The maximum atomic E-state index is 11.1. The molecule has 0 bridgehead atoms. The van der Waals surface area contributed by atoms with Crippen molar-refractivity contribution in [2.75, 3.05) is 20.3 Å². The maximum Gasteiger partial charge on any atom is 0.333 e. The van der Waals surface area contributed by atoms with Gasteiger partial charge in [-0.25, -0.2) is 4.79 Å². The molecule has 4 rings (SSSR count). The molecular weight excluding hydrogens is 428 g/mol. The predicted octanol–water partition coefficient (Wildman–Crippen LogP) is 5.56. The summed E-state index contributed by atoms with van der Waals surface area (Å²) in [5.74, 6) is -0.254. The number of hydrogen-bond donors (Lipinski definition) is 1. The monoisotopic (exact) mass is 458 g/mol. The van der Waals surface area contributed by atoms with Gasteiger partial charge in [-0.2, -0.15) is 0 Å². The van der Waals surface area contributed by atoms with Crippen LogP contribution in [0.3, 0.4) is 0 Å². The number of benzene rings is 3. The van der Waals surface area contributed by atoms with Crippen molar-refractivity contribution in [3.05, 3.63) is 100 Å². The van der Waals surface area contributed by atoms with E-state index in [9.17, 15) is 4.79 Å². The minimum absolute atomic E-state index is 0.167. The Morgan fingerprint density at radius 3 is 2.35 bits per heavy atom. The molecule has 2 unspecified atom stereocenters. The van der Waals surface area contributed by atoms with E-state index in [-0.39, 0.29) is 6.10 Å². The normalized spacial score (nSPS) is 15.2. The Hall–Kier alpha value is -3.41. The van der Waals surface area contributed by atoms with Gasteiger partial charge in [0.2, 0.25) is 0 Å². The van der Waals surface area contributed by atoms with Crippen LogP contribution >= 0.6 is 0 Å². The van der Waals surface area contributed by atoms with Gasteiger partial charge >= 0.3 is 5.97 Å². The molecule has 0 radical (unpaired) electrons. The Labute approximate surface area is 200 Å².